The van der Waals surface area contributed by atoms with Crippen LogP contribution in [0.15, 0.2) is 53.3 Å². The molecule has 4 rings (SSSR count). The van der Waals surface area contributed by atoms with Crippen LogP contribution < -0.4 is 5.32 Å². The summed E-state index contributed by atoms with van der Waals surface area (Å²) in [7, 11) is 0. The second-order valence-corrected chi connectivity index (χ2v) is 6.15. The van der Waals surface area contributed by atoms with Gasteiger partial charge in [-0.15, -0.1) is 0 Å². The molecule has 0 unspecified atom stereocenters. The Morgan fingerprint density at radius 2 is 2.19 bits per heavy atom. The Bertz CT molecular complexity index is 909. The van der Waals surface area contributed by atoms with Crippen LogP contribution in [0.5, 0.6) is 0 Å². The van der Waals surface area contributed by atoms with Crippen molar-refractivity contribution in [1.82, 2.24) is 20.0 Å². The number of nitrogens with zero attached hydrogens (tertiary/aromatic N) is 4. The number of aromatic nitrogens is 3. The Morgan fingerprint density at radius 3 is 2.96 bits per heavy atom. The highest BCUT2D eigenvalue weighted by molar-refractivity contribution is 5.92. The smallest absolute Gasteiger partial charge is 0.238 e. The highest BCUT2D eigenvalue weighted by Gasteiger charge is 2.33. The summed E-state index contributed by atoms with van der Waals surface area (Å²) >= 11 is 0. The van der Waals surface area contributed by atoms with Gasteiger partial charge in [0.2, 0.25) is 17.6 Å². The van der Waals surface area contributed by atoms with E-state index in [9.17, 15) is 9.18 Å². The Balaban J connectivity index is 1.29. The highest BCUT2D eigenvalue weighted by Crippen LogP contribution is 2.27. The van der Waals surface area contributed by atoms with E-state index in [1.54, 1.807) is 24.5 Å². The van der Waals surface area contributed by atoms with Crippen LogP contribution in [0.2, 0.25) is 0 Å². The number of halogens is 1. The van der Waals surface area contributed by atoms with Crippen molar-refractivity contribution in [3.8, 4) is 11.4 Å². The van der Waals surface area contributed by atoms with E-state index < -0.39 is 0 Å². The lowest BCUT2D eigenvalue weighted by Crippen LogP contribution is -2.48. The number of amides is 1. The minimum atomic E-state index is -0.382. The second kappa shape index (κ2) is 7.01. The van der Waals surface area contributed by atoms with Crippen LogP contribution in [0.3, 0.4) is 0 Å². The molecule has 1 N–H and O–H groups in total. The van der Waals surface area contributed by atoms with Gasteiger partial charge in [0.05, 0.1) is 12.5 Å². The van der Waals surface area contributed by atoms with Gasteiger partial charge in [-0.1, -0.05) is 11.2 Å². The SMILES string of the molecule is O=C(CN1CC(c2nc(-c3cccnc3)no2)C1)Nc1cccc(F)c1. The first-order valence-electron chi connectivity index (χ1n) is 8.19. The van der Waals surface area contributed by atoms with Crippen LogP contribution in [0.1, 0.15) is 11.8 Å². The van der Waals surface area contributed by atoms with E-state index in [1.807, 2.05) is 17.0 Å². The molecule has 26 heavy (non-hydrogen) atoms. The second-order valence-electron chi connectivity index (χ2n) is 6.15. The van der Waals surface area contributed by atoms with Crippen molar-refractivity contribution in [1.29, 1.82) is 0 Å². The van der Waals surface area contributed by atoms with Gasteiger partial charge in [-0.25, -0.2) is 4.39 Å². The third-order valence-corrected chi connectivity index (χ3v) is 4.14. The molecule has 3 heterocycles. The van der Waals surface area contributed by atoms with Gasteiger partial charge in [0.1, 0.15) is 5.82 Å². The number of carbonyl (C=O) groups is 1. The molecular formula is C18H16FN5O2. The monoisotopic (exact) mass is 353 g/mol. The first-order valence-corrected chi connectivity index (χ1v) is 8.19. The molecule has 1 amide bonds. The molecule has 0 spiro atoms. The van der Waals surface area contributed by atoms with Crippen LogP contribution in [-0.2, 0) is 4.79 Å². The molecule has 0 saturated carbocycles. The summed E-state index contributed by atoms with van der Waals surface area (Å²) < 4.78 is 18.5. The van der Waals surface area contributed by atoms with Crippen molar-refractivity contribution < 1.29 is 13.7 Å². The van der Waals surface area contributed by atoms with Gasteiger partial charge < -0.3 is 9.84 Å². The molecule has 1 aliphatic heterocycles. The fourth-order valence-corrected chi connectivity index (χ4v) is 2.84. The number of carbonyl (C=O) groups excluding carboxylic acids is 1. The number of nitrogens with one attached hydrogen (secondary N) is 1. The molecule has 0 atom stereocenters. The Morgan fingerprint density at radius 1 is 1.31 bits per heavy atom. The quantitative estimate of drug-likeness (QED) is 0.758. The van der Waals surface area contributed by atoms with Crippen LogP contribution in [0.4, 0.5) is 10.1 Å². The van der Waals surface area contributed by atoms with Crippen LogP contribution >= 0.6 is 0 Å². The summed E-state index contributed by atoms with van der Waals surface area (Å²) in [6, 6.07) is 9.51. The number of rotatable bonds is 5. The van der Waals surface area contributed by atoms with E-state index in [0.29, 0.717) is 30.5 Å². The molecule has 1 saturated heterocycles. The van der Waals surface area contributed by atoms with Gasteiger partial charge in [-0.05, 0) is 30.3 Å². The number of likely N-dealkylation sites (tertiary alicyclic amines) is 1. The molecular weight excluding hydrogens is 337 g/mol. The number of hydrogen-bond acceptors (Lipinski definition) is 6. The van der Waals surface area contributed by atoms with Crippen molar-refractivity contribution in [3.05, 3.63) is 60.5 Å². The van der Waals surface area contributed by atoms with E-state index in [2.05, 4.69) is 20.4 Å². The average molecular weight is 353 g/mol. The molecule has 3 aromatic rings. The van der Waals surface area contributed by atoms with Gasteiger partial charge in [-0.2, -0.15) is 4.98 Å². The minimum absolute atomic E-state index is 0.106. The topological polar surface area (TPSA) is 84.2 Å². The van der Waals surface area contributed by atoms with E-state index in [0.717, 1.165) is 5.56 Å². The lowest BCUT2D eigenvalue weighted by Gasteiger charge is -2.36. The molecule has 1 fully saturated rings. The van der Waals surface area contributed by atoms with Gasteiger partial charge in [0.15, 0.2) is 0 Å². The zero-order chi connectivity index (χ0) is 17.9. The highest BCUT2D eigenvalue weighted by atomic mass is 19.1. The molecule has 0 aliphatic carbocycles. The number of benzene rings is 1. The first-order chi connectivity index (χ1) is 12.7. The maximum Gasteiger partial charge on any atom is 0.238 e. The first kappa shape index (κ1) is 16.3. The van der Waals surface area contributed by atoms with E-state index in [-0.39, 0.29) is 24.2 Å². The summed E-state index contributed by atoms with van der Waals surface area (Å²) in [5, 5.41) is 6.66. The molecule has 1 aromatic carbocycles. The van der Waals surface area contributed by atoms with Crippen molar-refractivity contribution in [2.75, 3.05) is 25.0 Å². The fourth-order valence-electron chi connectivity index (χ4n) is 2.84. The lowest BCUT2D eigenvalue weighted by atomic mass is 10.0. The van der Waals surface area contributed by atoms with Crippen LogP contribution in [-0.4, -0.2) is 45.6 Å². The van der Waals surface area contributed by atoms with Crippen molar-refractivity contribution in [3.63, 3.8) is 0 Å². The third-order valence-electron chi connectivity index (χ3n) is 4.14. The maximum absolute atomic E-state index is 13.1. The normalized spacial score (nSPS) is 14.8. The lowest BCUT2D eigenvalue weighted by molar-refractivity contribution is -0.118. The van der Waals surface area contributed by atoms with Crippen molar-refractivity contribution in [2.45, 2.75) is 5.92 Å². The predicted octanol–water partition coefficient (Wildman–Crippen LogP) is 2.31. The summed E-state index contributed by atoms with van der Waals surface area (Å²) in [5.74, 6) is 0.610. The molecule has 1 aliphatic rings. The summed E-state index contributed by atoms with van der Waals surface area (Å²) in [6.45, 7) is 1.55. The van der Waals surface area contributed by atoms with Crippen LogP contribution in [0.25, 0.3) is 11.4 Å². The van der Waals surface area contributed by atoms with Crippen molar-refractivity contribution in [2.24, 2.45) is 0 Å². The van der Waals surface area contributed by atoms with Gasteiger partial charge in [-0.3, -0.25) is 14.7 Å². The van der Waals surface area contributed by atoms with Crippen molar-refractivity contribution >= 4 is 11.6 Å². The van der Waals surface area contributed by atoms with E-state index in [1.165, 1.54) is 12.1 Å². The predicted molar refractivity (Wildman–Crippen MR) is 91.7 cm³/mol. The zero-order valence-corrected chi connectivity index (χ0v) is 13.8. The molecule has 7 nitrogen and oxygen atoms in total. The Kier molecular flexibility index (Phi) is 4.40. The summed E-state index contributed by atoms with van der Waals surface area (Å²) in [5.41, 5.74) is 1.25. The number of anilines is 1. The largest absolute Gasteiger partial charge is 0.339 e. The van der Waals surface area contributed by atoms with Crippen LogP contribution in [0, 0.1) is 5.82 Å². The molecule has 0 bridgehead atoms. The average Bonchev–Trinajstić information content (AvgIpc) is 3.08. The Labute approximate surface area is 148 Å². The molecule has 0 radical (unpaired) electrons. The van der Waals surface area contributed by atoms with Gasteiger partial charge >= 0.3 is 0 Å². The summed E-state index contributed by atoms with van der Waals surface area (Å²) in [4.78, 5) is 22.4. The molecule has 8 heteroatoms. The van der Waals surface area contributed by atoms with Gasteiger partial charge in [0, 0.05) is 36.7 Å². The molecule has 2 aromatic heterocycles. The summed E-state index contributed by atoms with van der Waals surface area (Å²) in [6.07, 6.45) is 3.36. The molecule has 132 valence electrons. The fraction of sp³-hybridized carbons (Fsp3) is 0.222. The van der Waals surface area contributed by atoms with E-state index >= 15 is 0 Å². The Hall–Kier alpha value is -3.13. The number of hydrogen-bond donors (Lipinski definition) is 1. The van der Waals surface area contributed by atoms with Gasteiger partial charge in [0.25, 0.3) is 0 Å². The third kappa shape index (κ3) is 3.60. The standard InChI is InChI=1S/C18H16FN5O2/c19-14-4-1-5-15(7-14)21-16(25)11-24-9-13(10-24)18-22-17(23-26-18)12-3-2-6-20-8-12/h1-8,13H,9-11H2,(H,21,25). The number of pyridine rings is 1. The maximum atomic E-state index is 13.1. The van der Waals surface area contributed by atoms with E-state index in [4.69, 9.17) is 4.52 Å². The zero-order valence-electron chi connectivity index (χ0n) is 13.8. The minimum Gasteiger partial charge on any atom is -0.339 e.